The van der Waals surface area contributed by atoms with Crippen molar-refractivity contribution in [1.82, 2.24) is 0 Å². The Labute approximate surface area is 142 Å². The Morgan fingerprint density at radius 3 is 2.62 bits per heavy atom. The van der Waals surface area contributed by atoms with Crippen LogP contribution in [0.25, 0.3) is 0 Å². The first kappa shape index (κ1) is 16.9. The number of hydrogen-bond donors (Lipinski definition) is 3. The molecule has 0 aromatic carbocycles. The van der Waals surface area contributed by atoms with Crippen molar-refractivity contribution in [2.24, 2.45) is 34.5 Å². The normalized spacial score (nSPS) is 60.3. The minimum atomic E-state index is -2.64. The monoisotopic (exact) mass is 340 g/mol. The molecule has 4 aliphatic carbocycles. The predicted octanol–water partition coefficient (Wildman–Crippen LogP) is 2.20. The SMILES string of the molecule is C[C@]12CCC(=O)CC1CC[C@@H]1[C@@H]2C(O)C[C@@]2(C)[C@H]1CC(O)C2(O)F. The Morgan fingerprint density at radius 2 is 1.92 bits per heavy atom. The van der Waals surface area contributed by atoms with Gasteiger partial charge in [0, 0.05) is 18.3 Å². The summed E-state index contributed by atoms with van der Waals surface area (Å²) < 4.78 is 14.9. The van der Waals surface area contributed by atoms with Crippen LogP contribution >= 0.6 is 0 Å². The van der Waals surface area contributed by atoms with Gasteiger partial charge in [-0.2, -0.15) is 0 Å². The van der Waals surface area contributed by atoms with Gasteiger partial charge < -0.3 is 15.3 Å². The zero-order valence-electron chi connectivity index (χ0n) is 14.5. The Hall–Kier alpha value is -0.520. The van der Waals surface area contributed by atoms with Gasteiger partial charge in [0.2, 0.25) is 5.85 Å². The van der Waals surface area contributed by atoms with Crippen LogP contribution in [-0.2, 0) is 4.79 Å². The molecule has 3 N–H and O–H groups in total. The molecule has 24 heavy (non-hydrogen) atoms. The first-order valence-electron chi connectivity index (χ1n) is 9.40. The summed E-state index contributed by atoms with van der Waals surface area (Å²) in [6.45, 7) is 3.88. The first-order chi connectivity index (χ1) is 11.1. The molecular weight excluding hydrogens is 311 g/mol. The van der Waals surface area contributed by atoms with E-state index < -0.39 is 23.5 Å². The molecule has 0 radical (unpaired) electrons. The van der Waals surface area contributed by atoms with Gasteiger partial charge in [0.05, 0.1) is 6.10 Å². The molecule has 0 saturated heterocycles. The van der Waals surface area contributed by atoms with Gasteiger partial charge in [-0.25, -0.2) is 4.39 Å². The van der Waals surface area contributed by atoms with E-state index in [0.717, 1.165) is 19.3 Å². The summed E-state index contributed by atoms with van der Waals surface area (Å²) in [5.41, 5.74) is -1.19. The lowest BCUT2D eigenvalue weighted by molar-refractivity contribution is -0.253. The quantitative estimate of drug-likeness (QED) is 0.632. The number of rotatable bonds is 0. The molecule has 5 heteroatoms. The maximum atomic E-state index is 14.9. The maximum Gasteiger partial charge on any atom is 0.238 e. The molecule has 4 fully saturated rings. The highest BCUT2D eigenvalue weighted by Gasteiger charge is 2.70. The third-order valence-electron chi connectivity index (χ3n) is 8.52. The van der Waals surface area contributed by atoms with Crippen molar-refractivity contribution in [2.45, 2.75) is 76.9 Å². The lowest BCUT2D eigenvalue weighted by atomic mass is 9.44. The average Bonchev–Trinajstić information content (AvgIpc) is 2.67. The smallest absolute Gasteiger partial charge is 0.238 e. The molecule has 0 spiro atoms. The third-order valence-corrected chi connectivity index (χ3v) is 8.52. The van der Waals surface area contributed by atoms with E-state index in [2.05, 4.69) is 6.92 Å². The van der Waals surface area contributed by atoms with Gasteiger partial charge in [0.15, 0.2) is 0 Å². The van der Waals surface area contributed by atoms with Gasteiger partial charge in [-0.3, -0.25) is 4.79 Å². The van der Waals surface area contributed by atoms with Crippen LogP contribution in [0, 0.1) is 34.5 Å². The summed E-state index contributed by atoms with van der Waals surface area (Å²) >= 11 is 0. The van der Waals surface area contributed by atoms with Crippen LogP contribution in [0.5, 0.6) is 0 Å². The molecule has 0 heterocycles. The second-order valence-corrected chi connectivity index (χ2v) is 9.43. The molecule has 4 unspecified atom stereocenters. The van der Waals surface area contributed by atoms with E-state index in [-0.39, 0.29) is 36.0 Å². The van der Waals surface area contributed by atoms with E-state index in [4.69, 9.17) is 0 Å². The topological polar surface area (TPSA) is 77.8 Å². The molecule has 0 aromatic rings. The molecule has 4 nitrogen and oxygen atoms in total. The van der Waals surface area contributed by atoms with Crippen molar-refractivity contribution in [2.75, 3.05) is 0 Å². The highest BCUT2D eigenvalue weighted by atomic mass is 19.2. The number of carbonyl (C=O) groups is 1. The van der Waals surface area contributed by atoms with Crippen LogP contribution in [0.2, 0.25) is 0 Å². The summed E-state index contributed by atoms with van der Waals surface area (Å²) in [6, 6.07) is 0. The summed E-state index contributed by atoms with van der Waals surface area (Å²) in [7, 11) is 0. The molecule has 136 valence electrons. The second kappa shape index (κ2) is 5.01. The van der Waals surface area contributed by atoms with Gasteiger partial charge in [0.1, 0.15) is 11.9 Å². The highest BCUT2D eigenvalue weighted by molar-refractivity contribution is 5.79. The van der Waals surface area contributed by atoms with Gasteiger partial charge in [0.25, 0.3) is 0 Å². The van der Waals surface area contributed by atoms with Crippen molar-refractivity contribution in [3.8, 4) is 0 Å². The van der Waals surface area contributed by atoms with E-state index in [0.29, 0.717) is 24.5 Å². The van der Waals surface area contributed by atoms with Crippen LogP contribution in [0.15, 0.2) is 0 Å². The number of aliphatic hydroxyl groups excluding tert-OH is 2. The van der Waals surface area contributed by atoms with E-state index in [1.807, 2.05) is 0 Å². The zero-order chi connectivity index (χ0) is 17.5. The Morgan fingerprint density at radius 1 is 1.21 bits per heavy atom. The number of Topliss-reactive ketones (excluding diaryl/α,β-unsaturated/α-hetero) is 1. The largest absolute Gasteiger partial charge is 0.393 e. The third kappa shape index (κ3) is 1.92. The van der Waals surface area contributed by atoms with Gasteiger partial charge in [-0.05, 0) is 61.2 Å². The highest BCUT2D eigenvalue weighted by Crippen LogP contribution is 2.68. The molecule has 4 saturated carbocycles. The fourth-order valence-electron chi connectivity index (χ4n) is 7.13. The number of hydrogen-bond acceptors (Lipinski definition) is 4. The number of aliphatic hydroxyl groups is 3. The Balaban J connectivity index is 1.72. The first-order valence-corrected chi connectivity index (χ1v) is 9.40. The summed E-state index contributed by atoms with van der Waals surface area (Å²) in [4.78, 5) is 11.9. The van der Waals surface area contributed by atoms with Gasteiger partial charge in [-0.15, -0.1) is 0 Å². The molecule has 0 bridgehead atoms. The standard InChI is InChI=1S/C19H29FO4/c1-17-6-5-11(21)7-10(17)3-4-12-13-8-15(23)19(20,24)18(13,2)9-14(22)16(12)17/h10,12-16,22-24H,3-9H2,1-2H3/t10?,12-,13-,14?,15?,16+,17-,18-,19?/m0/s1. The minimum Gasteiger partial charge on any atom is -0.393 e. The molecule has 0 aliphatic heterocycles. The Kier molecular flexibility index (Phi) is 3.54. The fraction of sp³-hybridized carbons (Fsp3) is 0.947. The molecule has 4 rings (SSSR count). The molecule has 4 aliphatic rings. The molecule has 9 atom stereocenters. The number of fused-ring (bicyclic) bond motifs is 5. The Bertz CT molecular complexity index is 564. The van der Waals surface area contributed by atoms with E-state index in [1.165, 1.54) is 0 Å². The van der Waals surface area contributed by atoms with Crippen LogP contribution in [0.4, 0.5) is 4.39 Å². The van der Waals surface area contributed by atoms with Crippen molar-refractivity contribution in [3.05, 3.63) is 0 Å². The minimum absolute atomic E-state index is 0.0310. The number of halogens is 1. The summed E-state index contributed by atoms with van der Waals surface area (Å²) in [5, 5.41) is 31.4. The van der Waals surface area contributed by atoms with Crippen LogP contribution in [0.3, 0.4) is 0 Å². The van der Waals surface area contributed by atoms with E-state index in [1.54, 1.807) is 6.92 Å². The number of ketones is 1. The fourth-order valence-corrected chi connectivity index (χ4v) is 7.13. The van der Waals surface area contributed by atoms with E-state index in [9.17, 15) is 24.5 Å². The predicted molar refractivity (Wildman–Crippen MR) is 85.6 cm³/mol. The molecular formula is C19H29FO4. The van der Waals surface area contributed by atoms with Crippen LogP contribution < -0.4 is 0 Å². The zero-order valence-corrected chi connectivity index (χ0v) is 14.5. The van der Waals surface area contributed by atoms with Crippen molar-refractivity contribution < 1.29 is 24.5 Å². The van der Waals surface area contributed by atoms with Crippen molar-refractivity contribution >= 4 is 5.78 Å². The molecule has 0 aromatic heterocycles. The van der Waals surface area contributed by atoms with Gasteiger partial charge >= 0.3 is 0 Å². The number of carbonyl (C=O) groups excluding carboxylic acids is 1. The average molecular weight is 340 g/mol. The lowest BCUT2D eigenvalue weighted by Crippen LogP contribution is -2.61. The van der Waals surface area contributed by atoms with Crippen molar-refractivity contribution in [3.63, 3.8) is 0 Å². The second-order valence-electron chi connectivity index (χ2n) is 9.43. The maximum absolute atomic E-state index is 14.9. The lowest BCUT2D eigenvalue weighted by Gasteiger charge is -2.61. The molecule has 0 amide bonds. The van der Waals surface area contributed by atoms with E-state index >= 15 is 0 Å². The summed E-state index contributed by atoms with van der Waals surface area (Å²) in [6.07, 6.45) is 2.10. The number of alkyl halides is 1. The summed E-state index contributed by atoms with van der Waals surface area (Å²) in [5.74, 6) is -2.00. The van der Waals surface area contributed by atoms with Crippen LogP contribution in [0.1, 0.15) is 58.8 Å². The van der Waals surface area contributed by atoms with Crippen LogP contribution in [-0.4, -0.2) is 39.2 Å². The van der Waals surface area contributed by atoms with Gasteiger partial charge in [-0.1, -0.05) is 13.8 Å². The van der Waals surface area contributed by atoms with Crippen molar-refractivity contribution in [1.29, 1.82) is 0 Å².